The van der Waals surface area contributed by atoms with Gasteiger partial charge < -0.3 is 15.0 Å². The van der Waals surface area contributed by atoms with Gasteiger partial charge in [0.15, 0.2) is 0 Å². The maximum Gasteiger partial charge on any atom is 0.316 e. The Morgan fingerprint density at radius 2 is 1.82 bits per heavy atom. The molecule has 172 valence electrons. The molecule has 1 aliphatic rings. The number of amides is 1. The Bertz CT molecular complexity index is 1580. The van der Waals surface area contributed by atoms with Crippen LogP contribution in [0.25, 0.3) is 32.9 Å². The lowest BCUT2D eigenvalue weighted by Gasteiger charge is -2.32. The van der Waals surface area contributed by atoms with Crippen molar-refractivity contribution < 1.29 is 9.90 Å². The maximum atomic E-state index is 12.9. The van der Waals surface area contributed by atoms with E-state index >= 15 is 0 Å². The Labute approximate surface area is 199 Å². The zero-order valence-electron chi connectivity index (χ0n) is 18.3. The van der Waals surface area contributed by atoms with Gasteiger partial charge in [0.05, 0.1) is 16.1 Å². The summed E-state index contributed by atoms with van der Waals surface area (Å²) in [5, 5.41) is 12.4. The molecule has 0 radical (unpaired) electrons. The standard InChI is InChI=1S/C26H22ClN3O4/c1-2-24(32)29-9-7-16(8-10-29)30-23-14-21(27)20(13-22(23)28-25(33)26(30)34)19-12-17(31)11-15-5-3-4-6-18(15)19/h2-6,11-14,16,31H,1,7-10H2,(H,28,33). The number of phenols is 1. The number of fused-ring (bicyclic) bond motifs is 2. The van der Waals surface area contributed by atoms with Crippen LogP contribution < -0.4 is 11.1 Å². The molecule has 1 aromatic heterocycles. The summed E-state index contributed by atoms with van der Waals surface area (Å²) in [4.78, 5) is 41.8. The zero-order valence-corrected chi connectivity index (χ0v) is 19.0. The highest BCUT2D eigenvalue weighted by Crippen LogP contribution is 2.38. The third-order valence-electron chi connectivity index (χ3n) is 6.46. The first-order chi connectivity index (χ1) is 16.4. The summed E-state index contributed by atoms with van der Waals surface area (Å²) in [5.41, 5.74) is 0.988. The molecule has 4 aromatic rings. The molecule has 1 fully saturated rings. The minimum Gasteiger partial charge on any atom is -0.508 e. The second-order valence-corrected chi connectivity index (χ2v) is 8.86. The Hall–Kier alpha value is -3.84. The zero-order chi connectivity index (χ0) is 24.0. The predicted molar refractivity (Wildman–Crippen MR) is 133 cm³/mol. The Balaban J connectivity index is 1.66. The predicted octanol–water partition coefficient (Wildman–Crippen LogP) is 4.22. The molecule has 7 nitrogen and oxygen atoms in total. The SMILES string of the molecule is C=CC(=O)N1CCC(n2c(=O)c(=O)[nH]c3cc(-c4cc(O)cc5ccccc45)c(Cl)cc32)CC1. The molecule has 2 heterocycles. The lowest BCUT2D eigenvalue weighted by Crippen LogP contribution is -2.43. The first-order valence-corrected chi connectivity index (χ1v) is 11.4. The third kappa shape index (κ3) is 3.68. The van der Waals surface area contributed by atoms with Crippen LogP contribution in [0.2, 0.25) is 5.02 Å². The quantitative estimate of drug-likeness (QED) is 0.342. The molecule has 0 spiro atoms. The largest absolute Gasteiger partial charge is 0.508 e. The fraction of sp³-hybridized carbons (Fsp3) is 0.192. The number of hydrogen-bond donors (Lipinski definition) is 2. The van der Waals surface area contributed by atoms with E-state index in [2.05, 4.69) is 11.6 Å². The van der Waals surface area contributed by atoms with Crippen molar-refractivity contribution in [2.45, 2.75) is 18.9 Å². The Morgan fingerprint density at radius 1 is 1.09 bits per heavy atom. The summed E-state index contributed by atoms with van der Waals surface area (Å²) in [7, 11) is 0. The summed E-state index contributed by atoms with van der Waals surface area (Å²) in [6.07, 6.45) is 2.35. The van der Waals surface area contributed by atoms with Crippen molar-refractivity contribution in [2.24, 2.45) is 0 Å². The fourth-order valence-electron chi connectivity index (χ4n) is 4.82. The highest BCUT2D eigenvalue weighted by Gasteiger charge is 2.26. The van der Waals surface area contributed by atoms with Crippen LogP contribution in [-0.2, 0) is 4.79 Å². The number of likely N-dealkylation sites (tertiary alicyclic amines) is 1. The number of H-pyrrole nitrogens is 1. The van der Waals surface area contributed by atoms with Crippen LogP contribution in [-0.4, -0.2) is 38.6 Å². The average molecular weight is 476 g/mol. The highest BCUT2D eigenvalue weighted by molar-refractivity contribution is 6.34. The molecule has 1 amide bonds. The number of carbonyl (C=O) groups excluding carboxylic acids is 1. The lowest BCUT2D eigenvalue weighted by atomic mass is 9.97. The second kappa shape index (κ2) is 8.50. The van der Waals surface area contributed by atoms with Crippen molar-refractivity contribution in [2.75, 3.05) is 13.1 Å². The smallest absolute Gasteiger partial charge is 0.316 e. The minimum absolute atomic E-state index is 0.101. The second-order valence-electron chi connectivity index (χ2n) is 8.45. The van der Waals surface area contributed by atoms with E-state index in [-0.39, 0.29) is 17.7 Å². The molecule has 34 heavy (non-hydrogen) atoms. The number of aromatic hydroxyl groups is 1. The van der Waals surface area contributed by atoms with Crippen LogP contribution in [0.15, 0.2) is 70.8 Å². The van der Waals surface area contributed by atoms with Gasteiger partial charge in [-0.25, -0.2) is 0 Å². The molecular weight excluding hydrogens is 454 g/mol. The number of halogens is 1. The van der Waals surface area contributed by atoms with E-state index in [4.69, 9.17) is 11.6 Å². The van der Waals surface area contributed by atoms with Crippen molar-refractivity contribution in [1.29, 1.82) is 0 Å². The van der Waals surface area contributed by atoms with Crippen molar-refractivity contribution in [3.8, 4) is 16.9 Å². The number of rotatable bonds is 3. The summed E-state index contributed by atoms with van der Waals surface area (Å²) in [6, 6.07) is 14.1. The molecule has 1 saturated heterocycles. The van der Waals surface area contributed by atoms with Crippen molar-refractivity contribution >= 4 is 39.3 Å². The average Bonchev–Trinajstić information content (AvgIpc) is 2.84. The molecule has 2 N–H and O–H groups in total. The van der Waals surface area contributed by atoms with E-state index in [1.807, 2.05) is 24.3 Å². The Morgan fingerprint density at radius 3 is 2.56 bits per heavy atom. The van der Waals surface area contributed by atoms with Gasteiger partial charge in [-0.2, -0.15) is 0 Å². The topological polar surface area (TPSA) is 95.4 Å². The number of aromatic amines is 1. The van der Waals surface area contributed by atoms with Gasteiger partial charge in [0.1, 0.15) is 5.75 Å². The van der Waals surface area contributed by atoms with E-state index in [1.165, 1.54) is 10.6 Å². The highest BCUT2D eigenvalue weighted by atomic mass is 35.5. The van der Waals surface area contributed by atoms with Crippen molar-refractivity contribution in [3.05, 3.63) is 86.9 Å². The maximum absolute atomic E-state index is 12.9. The normalized spacial score (nSPS) is 14.6. The number of aromatic nitrogens is 2. The van der Waals surface area contributed by atoms with Crippen LogP contribution in [0.5, 0.6) is 5.75 Å². The molecule has 0 bridgehead atoms. The van der Waals surface area contributed by atoms with Crippen LogP contribution in [0, 0.1) is 0 Å². The van der Waals surface area contributed by atoms with Gasteiger partial charge in [-0.1, -0.05) is 42.4 Å². The molecule has 8 heteroatoms. The van der Waals surface area contributed by atoms with Gasteiger partial charge in [0.25, 0.3) is 0 Å². The molecular formula is C26H22ClN3O4. The van der Waals surface area contributed by atoms with E-state index in [0.29, 0.717) is 47.6 Å². The van der Waals surface area contributed by atoms with Gasteiger partial charge in [-0.15, -0.1) is 0 Å². The number of phenolic OH excluding ortho intramolecular Hbond substituents is 1. The van der Waals surface area contributed by atoms with Crippen molar-refractivity contribution in [3.63, 3.8) is 0 Å². The molecule has 0 aliphatic carbocycles. The number of carbonyl (C=O) groups is 1. The van der Waals surface area contributed by atoms with Crippen molar-refractivity contribution in [1.82, 2.24) is 14.5 Å². The molecule has 1 aliphatic heterocycles. The minimum atomic E-state index is -0.717. The summed E-state index contributed by atoms with van der Waals surface area (Å²) < 4.78 is 1.50. The monoisotopic (exact) mass is 475 g/mol. The van der Waals surface area contributed by atoms with Gasteiger partial charge in [0.2, 0.25) is 5.91 Å². The van der Waals surface area contributed by atoms with Gasteiger partial charge in [-0.05, 0) is 59.5 Å². The first kappa shape index (κ1) is 22.0. The van der Waals surface area contributed by atoms with Crippen LogP contribution >= 0.6 is 11.6 Å². The molecule has 5 rings (SSSR count). The fourth-order valence-corrected chi connectivity index (χ4v) is 5.08. The van der Waals surface area contributed by atoms with E-state index in [0.717, 1.165) is 16.3 Å². The number of nitrogens with zero attached hydrogens (tertiary/aromatic N) is 2. The van der Waals surface area contributed by atoms with Crippen LogP contribution in [0.4, 0.5) is 0 Å². The molecule has 0 saturated carbocycles. The molecule has 3 aromatic carbocycles. The molecule has 0 unspecified atom stereocenters. The van der Waals surface area contributed by atoms with Crippen LogP contribution in [0.3, 0.4) is 0 Å². The Kier molecular flexibility index (Phi) is 5.49. The van der Waals surface area contributed by atoms with Gasteiger partial charge in [-0.3, -0.25) is 19.0 Å². The van der Waals surface area contributed by atoms with E-state index < -0.39 is 11.1 Å². The van der Waals surface area contributed by atoms with E-state index in [9.17, 15) is 19.5 Å². The summed E-state index contributed by atoms with van der Waals surface area (Å²) in [5.74, 6) is -0.0447. The third-order valence-corrected chi connectivity index (χ3v) is 6.77. The van der Waals surface area contributed by atoms with E-state index in [1.54, 1.807) is 29.2 Å². The summed E-state index contributed by atoms with van der Waals surface area (Å²) >= 11 is 6.72. The number of nitrogens with one attached hydrogen (secondary N) is 1. The number of hydrogen-bond acceptors (Lipinski definition) is 4. The first-order valence-electron chi connectivity index (χ1n) is 11.0. The van der Waals surface area contributed by atoms with Crippen LogP contribution in [0.1, 0.15) is 18.9 Å². The number of piperidine rings is 1. The van der Waals surface area contributed by atoms with Gasteiger partial charge in [0, 0.05) is 24.7 Å². The van der Waals surface area contributed by atoms with Gasteiger partial charge >= 0.3 is 11.1 Å². The lowest BCUT2D eigenvalue weighted by molar-refractivity contribution is -0.127. The number of benzene rings is 3. The summed E-state index contributed by atoms with van der Waals surface area (Å²) in [6.45, 7) is 4.46. The molecule has 0 atom stereocenters.